The van der Waals surface area contributed by atoms with E-state index in [-0.39, 0.29) is 12.4 Å². The van der Waals surface area contributed by atoms with Gasteiger partial charge in [-0.05, 0) is 17.7 Å². The predicted molar refractivity (Wildman–Crippen MR) is 117 cm³/mol. The van der Waals surface area contributed by atoms with E-state index in [0.717, 1.165) is 19.4 Å². The summed E-state index contributed by atoms with van der Waals surface area (Å²) in [6, 6.07) is 5.83. The van der Waals surface area contributed by atoms with Crippen LogP contribution in [-0.2, 0) is 42.9 Å². The molecule has 1 aliphatic rings. The Hall–Kier alpha value is -3.53. The molecule has 5 atom stereocenters. The Bertz CT molecular complexity index is 938. The molecule has 2 rings (SSSR count). The van der Waals surface area contributed by atoms with Crippen LogP contribution < -0.4 is 0 Å². The van der Waals surface area contributed by atoms with Crippen LogP contribution in [-0.4, -0.2) is 61.0 Å². The first-order chi connectivity index (χ1) is 16.1. The molecule has 1 heterocycles. The lowest BCUT2D eigenvalue weighted by atomic mass is 9.93. The molecule has 1 aromatic rings. The van der Waals surface area contributed by atoms with Crippen LogP contribution in [0.25, 0.3) is 6.08 Å². The van der Waals surface area contributed by atoms with Gasteiger partial charge >= 0.3 is 23.9 Å². The van der Waals surface area contributed by atoms with Gasteiger partial charge in [0.2, 0.25) is 0 Å². The fraction of sp³-hybridized carbons (Fsp3) is 0.417. The molecule has 0 saturated carbocycles. The quantitative estimate of drug-likeness (QED) is 0.316. The molecular weight excluding hydrogens is 451 g/mol. The van der Waals surface area contributed by atoms with Crippen LogP contribution in [0.2, 0.25) is 0 Å². The predicted octanol–water partition coefficient (Wildman–Crippen LogP) is 2.52. The highest BCUT2D eigenvalue weighted by Gasteiger charge is 2.51. The largest absolute Gasteiger partial charge is 0.463 e. The number of carbonyl (C=O) groups excluding carboxylic acids is 4. The van der Waals surface area contributed by atoms with E-state index in [1.54, 1.807) is 36.4 Å². The highest BCUT2D eigenvalue weighted by atomic mass is 19.1. The van der Waals surface area contributed by atoms with Crippen LogP contribution in [0.15, 0.2) is 42.5 Å². The second kappa shape index (κ2) is 12.6. The smallest absolute Gasteiger partial charge is 0.303 e. The Morgan fingerprint density at radius 1 is 0.824 bits per heavy atom. The second-order valence-electron chi connectivity index (χ2n) is 7.46. The van der Waals surface area contributed by atoms with Gasteiger partial charge in [-0.3, -0.25) is 19.2 Å². The number of benzene rings is 1. The first kappa shape index (κ1) is 26.7. The van der Waals surface area contributed by atoms with Crippen LogP contribution in [0.4, 0.5) is 4.39 Å². The molecule has 10 heteroatoms. The molecule has 9 nitrogen and oxygen atoms in total. The van der Waals surface area contributed by atoms with Crippen molar-refractivity contribution in [3.8, 4) is 0 Å². The van der Waals surface area contributed by atoms with Gasteiger partial charge in [-0.1, -0.05) is 36.4 Å². The monoisotopic (exact) mass is 478 g/mol. The fourth-order valence-corrected chi connectivity index (χ4v) is 3.33. The average molecular weight is 478 g/mol. The number of halogens is 1. The minimum Gasteiger partial charge on any atom is -0.463 e. The summed E-state index contributed by atoms with van der Waals surface area (Å²) in [5.41, 5.74) is 0.743. The van der Waals surface area contributed by atoms with E-state index in [1.165, 1.54) is 26.0 Å². The Morgan fingerprint density at radius 3 is 1.94 bits per heavy atom. The number of esters is 4. The third kappa shape index (κ3) is 8.43. The molecule has 0 amide bonds. The lowest BCUT2D eigenvalue weighted by Gasteiger charge is -2.43. The van der Waals surface area contributed by atoms with Gasteiger partial charge in [0.25, 0.3) is 0 Å². The number of rotatable bonds is 8. The minimum absolute atomic E-state index is 0.298. The van der Waals surface area contributed by atoms with Crippen molar-refractivity contribution in [3.63, 3.8) is 0 Å². The zero-order valence-electron chi connectivity index (χ0n) is 19.3. The van der Waals surface area contributed by atoms with E-state index in [1.807, 2.05) is 0 Å². The van der Waals surface area contributed by atoms with Crippen molar-refractivity contribution >= 4 is 30.0 Å². The molecule has 1 saturated heterocycles. The van der Waals surface area contributed by atoms with Crippen LogP contribution >= 0.6 is 0 Å². The van der Waals surface area contributed by atoms with Gasteiger partial charge in [0.05, 0.1) is 0 Å². The van der Waals surface area contributed by atoms with Crippen molar-refractivity contribution in [2.45, 2.75) is 58.2 Å². The number of hydrogen-bond acceptors (Lipinski definition) is 9. The summed E-state index contributed by atoms with van der Waals surface area (Å²) < 4.78 is 40.1. The van der Waals surface area contributed by atoms with Crippen LogP contribution in [0, 0.1) is 5.82 Å². The molecule has 0 spiro atoms. The Kier molecular flexibility index (Phi) is 9.93. The summed E-state index contributed by atoms with van der Waals surface area (Å²) in [4.78, 5) is 46.7. The maximum Gasteiger partial charge on any atom is 0.303 e. The summed E-state index contributed by atoms with van der Waals surface area (Å²) >= 11 is 0. The SMILES string of the molecule is CC(=O)OC[C@H]1O[C@@H](/C=C\C=C\c2ccc(F)cc2)[C@H](OC(C)=O)[C@@H](OC(C)=O)[C@@H]1OC(C)=O. The summed E-state index contributed by atoms with van der Waals surface area (Å²) in [7, 11) is 0. The summed E-state index contributed by atoms with van der Waals surface area (Å²) in [5, 5.41) is 0. The lowest BCUT2D eigenvalue weighted by molar-refractivity contribution is -0.244. The van der Waals surface area contributed by atoms with Crippen molar-refractivity contribution in [2.24, 2.45) is 0 Å². The van der Waals surface area contributed by atoms with Crippen molar-refractivity contribution in [1.82, 2.24) is 0 Å². The van der Waals surface area contributed by atoms with E-state index < -0.39 is 54.4 Å². The van der Waals surface area contributed by atoms with Crippen molar-refractivity contribution in [2.75, 3.05) is 6.61 Å². The zero-order chi connectivity index (χ0) is 25.3. The van der Waals surface area contributed by atoms with E-state index >= 15 is 0 Å². The molecule has 0 bridgehead atoms. The molecular formula is C24H27FO9. The molecule has 34 heavy (non-hydrogen) atoms. The fourth-order valence-electron chi connectivity index (χ4n) is 3.33. The van der Waals surface area contributed by atoms with Gasteiger partial charge in [0.1, 0.15) is 24.6 Å². The first-order valence-electron chi connectivity index (χ1n) is 10.5. The third-order valence-electron chi connectivity index (χ3n) is 4.60. The topological polar surface area (TPSA) is 114 Å². The van der Waals surface area contributed by atoms with Crippen molar-refractivity contribution in [1.29, 1.82) is 0 Å². The molecule has 1 aromatic carbocycles. The number of ether oxygens (including phenoxy) is 5. The van der Waals surface area contributed by atoms with Crippen molar-refractivity contribution < 1.29 is 47.3 Å². The number of hydrogen-bond donors (Lipinski definition) is 0. The summed E-state index contributed by atoms with van der Waals surface area (Å²) in [5.74, 6) is -3.02. The normalized spacial score (nSPS) is 24.6. The summed E-state index contributed by atoms with van der Waals surface area (Å²) in [6.45, 7) is 4.38. The molecule has 1 fully saturated rings. The van der Waals surface area contributed by atoms with Crippen LogP contribution in [0.5, 0.6) is 0 Å². The Balaban J connectivity index is 2.36. The van der Waals surface area contributed by atoms with E-state index in [9.17, 15) is 23.6 Å². The van der Waals surface area contributed by atoms with Crippen molar-refractivity contribution in [3.05, 3.63) is 53.9 Å². The van der Waals surface area contributed by atoms with Gasteiger partial charge in [-0.15, -0.1) is 0 Å². The van der Waals surface area contributed by atoms with E-state index in [2.05, 4.69) is 0 Å². The van der Waals surface area contributed by atoms with Gasteiger partial charge in [0.15, 0.2) is 18.3 Å². The van der Waals surface area contributed by atoms with Crippen LogP contribution in [0.1, 0.15) is 33.3 Å². The molecule has 0 radical (unpaired) electrons. The first-order valence-corrected chi connectivity index (χ1v) is 10.5. The molecule has 184 valence electrons. The summed E-state index contributed by atoms with van der Waals surface area (Å²) in [6.07, 6.45) is 0.967. The van der Waals surface area contributed by atoms with Crippen LogP contribution in [0.3, 0.4) is 0 Å². The zero-order valence-corrected chi connectivity index (χ0v) is 19.3. The average Bonchev–Trinajstić information content (AvgIpc) is 2.74. The second-order valence-corrected chi connectivity index (χ2v) is 7.46. The highest BCUT2D eigenvalue weighted by molar-refractivity contribution is 5.68. The molecule has 0 aliphatic carbocycles. The van der Waals surface area contributed by atoms with Gasteiger partial charge in [-0.25, -0.2) is 4.39 Å². The molecule has 1 aliphatic heterocycles. The Labute approximate surface area is 196 Å². The number of carbonyl (C=O) groups is 4. The van der Waals surface area contributed by atoms with Gasteiger partial charge in [0, 0.05) is 27.7 Å². The maximum absolute atomic E-state index is 13.1. The van der Waals surface area contributed by atoms with E-state index in [0.29, 0.717) is 0 Å². The maximum atomic E-state index is 13.1. The Morgan fingerprint density at radius 2 is 1.38 bits per heavy atom. The standard InChI is InChI=1S/C24H27FO9/c1-14(26)30-13-21-23(32-16(3)28)24(33-17(4)29)22(31-15(2)27)20(34-21)8-6-5-7-18-9-11-19(25)12-10-18/h5-12,20-24H,13H2,1-4H3/b7-5+,8-6-/t20-,21+,22-,23+,24+/m0/s1. The lowest BCUT2D eigenvalue weighted by Crippen LogP contribution is -2.61. The van der Waals surface area contributed by atoms with E-state index in [4.69, 9.17) is 23.7 Å². The third-order valence-corrected chi connectivity index (χ3v) is 4.60. The molecule has 0 aromatic heterocycles. The molecule has 0 N–H and O–H groups in total. The minimum atomic E-state index is -1.23. The number of allylic oxidation sites excluding steroid dienone is 2. The highest BCUT2D eigenvalue weighted by Crippen LogP contribution is 2.30. The van der Waals surface area contributed by atoms with Gasteiger partial charge in [-0.2, -0.15) is 0 Å². The van der Waals surface area contributed by atoms with Gasteiger partial charge < -0.3 is 23.7 Å². The molecule has 0 unspecified atom stereocenters.